The Kier molecular flexibility index (Phi) is 7.34. The van der Waals surface area contributed by atoms with Crippen LogP contribution in [0.15, 0.2) is 48.5 Å². The number of hydrogen-bond donors (Lipinski definition) is 3. The first-order chi connectivity index (χ1) is 13.3. The minimum absolute atomic E-state index is 0.231. The van der Waals surface area contributed by atoms with Crippen LogP contribution in [0.25, 0.3) is 0 Å². The third kappa shape index (κ3) is 5.95. The summed E-state index contributed by atoms with van der Waals surface area (Å²) in [6, 6.07) is 10.6. The standard InChI is InChI=1S/C19H19ClFN3O4/c1-11(22-19(27)15-5-3-4-6-16(15)20)17(25)23-24-18(26)12(2)28-14-9-7-13(21)8-10-14/h3-12H,1-2H3,(H,22,27)(H,23,25)(H,24,26)/t11-,12+/m0/s1. The topological polar surface area (TPSA) is 96.5 Å². The number of benzene rings is 2. The Bertz CT molecular complexity index is 861. The molecular formula is C19H19ClFN3O4. The summed E-state index contributed by atoms with van der Waals surface area (Å²) in [5, 5.41) is 2.74. The molecule has 3 N–H and O–H groups in total. The van der Waals surface area contributed by atoms with E-state index in [1.54, 1.807) is 18.2 Å². The van der Waals surface area contributed by atoms with Gasteiger partial charge in [-0.25, -0.2) is 4.39 Å². The van der Waals surface area contributed by atoms with Gasteiger partial charge in [0.2, 0.25) is 0 Å². The van der Waals surface area contributed by atoms with E-state index >= 15 is 0 Å². The van der Waals surface area contributed by atoms with Crippen LogP contribution in [-0.4, -0.2) is 29.9 Å². The summed E-state index contributed by atoms with van der Waals surface area (Å²) in [6.07, 6.45) is -0.946. The summed E-state index contributed by atoms with van der Waals surface area (Å²) in [6.45, 7) is 2.92. The Labute approximate surface area is 166 Å². The SMILES string of the molecule is C[C@H](NC(=O)c1ccccc1Cl)C(=O)NNC(=O)[C@@H](C)Oc1ccc(F)cc1. The molecule has 0 aliphatic rings. The Hall–Kier alpha value is -3.13. The highest BCUT2D eigenvalue weighted by molar-refractivity contribution is 6.33. The first-order valence-electron chi connectivity index (χ1n) is 8.35. The van der Waals surface area contributed by atoms with E-state index in [1.165, 1.54) is 44.2 Å². The van der Waals surface area contributed by atoms with Gasteiger partial charge < -0.3 is 10.1 Å². The summed E-state index contributed by atoms with van der Waals surface area (Å²) in [4.78, 5) is 36.2. The zero-order valence-electron chi connectivity index (χ0n) is 15.2. The van der Waals surface area contributed by atoms with Crippen molar-refractivity contribution >= 4 is 29.3 Å². The molecule has 3 amide bonds. The second-order valence-electron chi connectivity index (χ2n) is 5.87. The summed E-state index contributed by atoms with van der Waals surface area (Å²) in [5.41, 5.74) is 4.64. The normalized spacial score (nSPS) is 12.4. The predicted molar refractivity (Wildman–Crippen MR) is 101 cm³/mol. The van der Waals surface area contributed by atoms with Gasteiger partial charge in [-0.3, -0.25) is 25.2 Å². The maximum atomic E-state index is 12.9. The summed E-state index contributed by atoms with van der Waals surface area (Å²) < 4.78 is 18.2. The molecule has 9 heteroatoms. The molecule has 2 atom stereocenters. The Balaban J connectivity index is 1.81. The molecule has 0 radical (unpaired) electrons. The quantitative estimate of drug-likeness (QED) is 0.640. The van der Waals surface area contributed by atoms with E-state index in [-0.39, 0.29) is 10.6 Å². The van der Waals surface area contributed by atoms with E-state index in [0.717, 1.165) is 0 Å². The molecule has 0 heterocycles. The van der Waals surface area contributed by atoms with Crippen molar-refractivity contribution in [2.75, 3.05) is 0 Å². The number of hydrazine groups is 1. The second-order valence-corrected chi connectivity index (χ2v) is 6.27. The van der Waals surface area contributed by atoms with Crippen molar-refractivity contribution in [2.45, 2.75) is 26.0 Å². The molecule has 0 saturated carbocycles. The minimum atomic E-state index is -0.946. The van der Waals surface area contributed by atoms with Gasteiger partial charge in [0.15, 0.2) is 6.10 Å². The lowest BCUT2D eigenvalue weighted by Crippen LogP contribution is -2.53. The van der Waals surface area contributed by atoms with Crippen LogP contribution < -0.4 is 20.9 Å². The Morgan fingerprint density at radius 3 is 2.21 bits per heavy atom. The van der Waals surface area contributed by atoms with Crippen LogP contribution in [0.2, 0.25) is 5.02 Å². The maximum absolute atomic E-state index is 12.9. The summed E-state index contributed by atoms with van der Waals surface area (Å²) in [5.74, 6) is -1.90. The fraction of sp³-hybridized carbons (Fsp3) is 0.211. The Morgan fingerprint density at radius 2 is 1.57 bits per heavy atom. The van der Waals surface area contributed by atoms with Crippen LogP contribution in [0, 0.1) is 5.82 Å². The number of hydrogen-bond acceptors (Lipinski definition) is 4. The van der Waals surface area contributed by atoms with Crippen LogP contribution >= 0.6 is 11.6 Å². The molecule has 0 aliphatic heterocycles. The van der Waals surface area contributed by atoms with Crippen molar-refractivity contribution in [1.29, 1.82) is 0 Å². The van der Waals surface area contributed by atoms with Gasteiger partial charge in [0, 0.05) is 0 Å². The number of carbonyl (C=O) groups is 3. The molecule has 0 spiro atoms. The lowest BCUT2D eigenvalue weighted by Gasteiger charge is -2.17. The number of ether oxygens (including phenoxy) is 1. The highest BCUT2D eigenvalue weighted by Gasteiger charge is 2.20. The molecule has 7 nitrogen and oxygen atoms in total. The van der Waals surface area contributed by atoms with Gasteiger partial charge in [-0.1, -0.05) is 23.7 Å². The summed E-state index contributed by atoms with van der Waals surface area (Å²) >= 11 is 5.94. The van der Waals surface area contributed by atoms with Crippen LogP contribution in [0.4, 0.5) is 4.39 Å². The van der Waals surface area contributed by atoms with Crippen molar-refractivity contribution in [3.8, 4) is 5.75 Å². The molecule has 2 rings (SSSR count). The van der Waals surface area contributed by atoms with Gasteiger partial charge in [-0.2, -0.15) is 0 Å². The van der Waals surface area contributed by atoms with Crippen molar-refractivity contribution in [1.82, 2.24) is 16.2 Å². The number of amides is 3. The highest BCUT2D eigenvalue weighted by atomic mass is 35.5. The lowest BCUT2D eigenvalue weighted by molar-refractivity contribution is -0.133. The largest absolute Gasteiger partial charge is 0.481 e. The van der Waals surface area contributed by atoms with Gasteiger partial charge in [0.25, 0.3) is 17.7 Å². The molecule has 0 aromatic heterocycles. The summed E-state index contributed by atoms with van der Waals surface area (Å²) in [7, 11) is 0. The minimum Gasteiger partial charge on any atom is -0.481 e. The van der Waals surface area contributed by atoms with E-state index in [9.17, 15) is 18.8 Å². The fourth-order valence-corrected chi connectivity index (χ4v) is 2.31. The van der Waals surface area contributed by atoms with Gasteiger partial charge >= 0.3 is 0 Å². The number of rotatable bonds is 6. The van der Waals surface area contributed by atoms with E-state index < -0.39 is 35.7 Å². The molecule has 2 aromatic rings. The predicted octanol–water partition coefficient (Wildman–Crippen LogP) is 2.21. The second kappa shape index (κ2) is 9.70. The van der Waals surface area contributed by atoms with Gasteiger partial charge in [-0.15, -0.1) is 0 Å². The van der Waals surface area contributed by atoms with E-state index in [4.69, 9.17) is 16.3 Å². The van der Waals surface area contributed by atoms with E-state index in [0.29, 0.717) is 5.75 Å². The zero-order valence-corrected chi connectivity index (χ0v) is 15.9. The number of halogens is 2. The molecule has 28 heavy (non-hydrogen) atoms. The van der Waals surface area contributed by atoms with Crippen LogP contribution in [0.3, 0.4) is 0 Å². The first-order valence-corrected chi connectivity index (χ1v) is 8.73. The van der Waals surface area contributed by atoms with Crippen molar-refractivity contribution in [2.24, 2.45) is 0 Å². The monoisotopic (exact) mass is 407 g/mol. The molecule has 0 unspecified atom stereocenters. The van der Waals surface area contributed by atoms with Crippen LogP contribution in [0.1, 0.15) is 24.2 Å². The zero-order chi connectivity index (χ0) is 20.7. The third-order valence-corrected chi connectivity index (χ3v) is 3.99. The first kappa shape index (κ1) is 21.2. The Morgan fingerprint density at radius 1 is 0.964 bits per heavy atom. The average Bonchev–Trinajstić information content (AvgIpc) is 2.67. The molecule has 2 aromatic carbocycles. The van der Waals surface area contributed by atoms with Crippen molar-refractivity contribution < 1.29 is 23.5 Å². The molecule has 0 bridgehead atoms. The van der Waals surface area contributed by atoms with Gasteiger partial charge in [0.1, 0.15) is 17.6 Å². The van der Waals surface area contributed by atoms with Crippen LogP contribution in [0.5, 0.6) is 5.75 Å². The molecular weight excluding hydrogens is 389 g/mol. The number of nitrogens with one attached hydrogen (secondary N) is 3. The van der Waals surface area contributed by atoms with Crippen LogP contribution in [-0.2, 0) is 9.59 Å². The molecule has 148 valence electrons. The van der Waals surface area contributed by atoms with Crippen molar-refractivity contribution in [3.05, 3.63) is 64.9 Å². The smallest absolute Gasteiger partial charge is 0.279 e. The maximum Gasteiger partial charge on any atom is 0.279 e. The van der Waals surface area contributed by atoms with Crippen molar-refractivity contribution in [3.63, 3.8) is 0 Å². The number of carbonyl (C=O) groups excluding carboxylic acids is 3. The average molecular weight is 408 g/mol. The van der Waals surface area contributed by atoms with E-state index in [1.807, 2.05) is 0 Å². The molecule has 0 aliphatic carbocycles. The molecule has 0 saturated heterocycles. The van der Waals surface area contributed by atoms with E-state index in [2.05, 4.69) is 16.2 Å². The third-order valence-electron chi connectivity index (χ3n) is 3.66. The van der Waals surface area contributed by atoms with Gasteiger partial charge in [0.05, 0.1) is 10.6 Å². The lowest BCUT2D eigenvalue weighted by atomic mass is 10.2. The highest BCUT2D eigenvalue weighted by Crippen LogP contribution is 2.15. The molecule has 0 fully saturated rings. The van der Waals surface area contributed by atoms with Gasteiger partial charge in [-0.05, 0) is 50.2 Å². The fourth-order valence-electron chi connectivity index (χ4n) is 2.09.